The highest BCUT2D eigenvalue weighted by atomic mass is 15.3. The maximum Gasteiger partial charge on any atom is 0.172 e. The molecule has 0 aromatic carbocycles. The zero-order chi connectivity index (χ0) is 13.4. The molecule has 0 amide bonds. The lowest BCUT2D eigenvalue weighted by atomic mass is 10.1. The quantitative estimate of drug-likeness (QED) is 0.770. The average molecular weight is 240 g/mol. The number of pyridine rings is 1. The van der Waals surface area contributed by atoms with E-state index in [1.165, 1.54) is 0 Å². The number of hydrogen-bond donors (Lipinski definition) is 0. The van der Waals surface area contributed by atoms with Crippen LogP contribution in [-0.2, 0) is 0 Å². The maximum atomic E-state index is 9.29. The van der Waals surface area contributed by atoms with Crippen molar-refractivity contribution in [3.8, 4) is 11.9 Å². The Hall–Kier alpha value is -2.15. The van der Waals surface area contributed by atoms with Crippen molar-refractivity contribution in [3.63, 3.8) is 0 Å². The minimum atomic E-state index is 0.589. The van der Waals surface area contributed by atoms with Gasteiger partial charge in [0.2, 0.25) is 0 Å². The smallest absolute Gasteiger partial charge is 0.172 e. The zero-order valence-corrected chi connectivity index (χ0v) is 11.4. The highest BCUT2D eigenvalue weighted by Crippen LogP contribution is 2.20. The van der Waals surface area contributed by atoms with Crippen LogP contribution >= 0.6 is 0 Å². The summed E-state index contributed by atoms with van der Waals surface area (Å²) in [6.45, 7) is 9.84. The molecule has 0 spiro atoms. The molecule has 0 saturated carbocycles. The van der Waals surface area contributed by atoms with Gasteiger partial charge in [-0.05, 0) is 51.8 Å². The molecule has 0 saturated heterocycles. The Morgan fingerprint density at radius 3 is 2.33 bits per heavy atom. The number of nitriles is 1. The van der Waals surface area contributed by atoms with Crippen molar-refractivity contribution in [2.24, 2.45) is 0 Å². The summed E-state index contributed by atoms with van der Waals surface area (Å²) in [6, 6.07) is 4.14. The lowest BCUT2D eigenvalue weighted by Gasteiger charge is -2.09. The van der Waals surface area contributed by atoms with Crippen LogP contribution in [0, 0.1) is 45.9 Å². The molecule has 2 aromatic heterocycles. The minimum Gasteiger partial charge on any atom is -0.233 e. The molecule has 0 bridgehead atoms. The predicted octanol–water partition coefficient (Wildman–Crippen LogP) is 2.68. The Morgan fingerprint density at radius 2 is 1.83 bits per heavy atom. The van der Waals surface area contributed by atoms with Crippen molar-refractivity contribution in [1.82, 2.24) is 14.8 Å². The largest absolute Gasteiger partial charge is 0.233 e. The first-order valence-corrected chi connectivity index (χ1v) is 5.87. The van der Waals surface area contributed by atoms with Crippen molar-refractivity contribution >= 4 is 0 Å². The van der Waals surface area contributed by atoms with Crippen LogP contribution in [0.4, 0.5) is 0 Å². The average Bonchev–Trinajstić information content (AvgIpc) is 2.56. The Morgan fingerprint density at radius 1 is 1.17 bits per heavy atom. The Balaban J connectivity index is 2.79. The van der Waals surface area contributed by atoms with E-state index in [-0.39, 0.29) is 0 Å². The summed E-state index contributed by atoms with van der Waals surface area (Å²) < 4.78 is 1.77. The maximum absolute atomic E-state index is 9.29. The topological polar surface area (TPSA) is 54.5 Å². The van der Waals surface area contributed by atoms with Gasteiger partial charge >= 0.3 is 0 Å². The van der Waals surface area contributed by atoms with E-state index < -0.39 is 0 Å². The van der Waals surface area contributed by atoms with E-state index in [2.05, 4.69) is 16.2 Å². The molecule has 92 valence electrons. The van der Waals surface area contributed by atoms with Gasteiger partial charge in [-0.1, -0.05) is 0 Å². The van der Waals surface area contributed by atoms with Crippen molar-refractivity contribution in [1.29, 1.82) is 5.26 Å². The van der Waals surface area contributed by atoms with Gasteiger partial charge in [0.15, 0.2) is 5.82 Å². The van der Waals surface area contributed by atoms with Crippen LogP contribution in [0.2, 0.25) is 0 Å². The summed E-state index contributed by atoms with van der Waals surface area (Å²) in [5.74, 6) is 0.628. The van der Waals surface area contributed by atoms with Gasteiger partial charge < -0.3 is 0 Å². The molecule has 2 heterocycles. The fraction of sp³-hybridized carbons (Fsp3) is 0.357. The molecule has 4 nitrogen and oxygen atoms in total. The van der Waals surface area contributed by atoms with E-state index in [1.807, 2.05) is 40.7 Å². The summed E-state index contributed by atoms with van der Waals surface area (Å²) in [5, 5.41) is 13.8. The van der Waals surface area contributed by atoms with E-state index in [0.717, 1.165) is 28.2 Å². The van der Waals surface area contributed by atoms with Crippen LogP contribution in [0.5, 0.6) is 0 Å². The van der Waals surface area contributed by atoms with E-state index in [4.69, 9.17) is 0 Å². The normalized spacial score (nSPS) is 10.4. The monoisotopic (exact) mass is 240 g/mol. The number of rotatable bonds is 1. The molecule has 18 heavy (non-hydrogen) atoms. The third kappa shape index (κ3) is 1.78. The molecule has 0 radical (unpaired) electrons. The lowest BCUT2D eigenvalue weighted by molar-refractivity contribution is 0.796. The fourth-order valence-electron chi connectivity index (χ4n) is 2.04. The molecule has 0 aliphatic rings. The molecule has 4 heteroatoms. The standard InChI is InChI=1S/C14H16N4/c1-8-6-9(2)16-14(13(8)7-15)18-12(5)10(3)11(4)17-18/h6H,1-5H3. The van der Waals surface area contributed by atoms with Gasteiger partial charge in [0, 0.05) is 11.4 Å². The summed E-state index contributed by atoms with van der Waals surface area (Å²) >= 11 is 0. The summed E-state index contributed by atoms with van der Waals surface area (Å²) in [5.41, 5.74) is 5.56. The van der Waals surface area contributed by atoms with Gasteiger partial charge in [-0.3, -0.25) is 0 Å². The molecule has 0 unspecified atom stereocenters. The van der Waals surface area contributed by atoms with Gasteiger partial charge in [0.05, 0.1) is 11.3 Å². The van der Waals surface area contributed by atoms with Crippen LogP contribution < -0.4 is 0 Å². The number of hydrogen-bond acceptors (Lipinski definition) is 3. The Kier molecular flexibility index (Phi) is 2.92. The minimum absolute atomic E-state index is 0.589. The summed E-state index contributed by atoms with van der Waals surface area (Å²) in [6.07, 6.45) is 0. The lowest BCUT2D eigenvalue weighted by Crippen LogP contribution is -2.07. The molecule has 2 rings (SSSR count). The van der Waals surface area contributed by atoms with Gasteiger partial charge in [0.1, 0.15) is 6.07 Å². The number of aromatic nitrogens is 3. The highest BCUT2D eigenvalue weighted by Gasteiger charge is 2.15. The van der Waals surface area contributed by atoms with Gasteiger partial charge in [-0.25, -0.2) is 9.67 Å². The van der Waals surface area contributed by atoms with Crippen LogP contribution in [0.25, 0.3) is 5.82 Å². The SMILES string of the molecule is Cc1cc(C)c(C#N)c(-n2nc(C)c(C)c2C)n1. The number of aryl methyl sites for hydroxylation is 3. The molecule has 0 fully saturated rings. The fourth-order valence-corrected chi connectivity index (χ4v) is 2.04. The molecule has 0 aliphatic heterocycles. The van der Waals surface area contributed by atoms with Gasteiger partial charge in [-0.2, -0.15) is 10.4 Å². The van der Waals surface area contributed by atoms with Crippen molar-refractivity contribution < 1.29 is 0 Å². The third-order valence-electron chi connectivity index (χ3n) is 3.29. The zero-order valence-electron chi connectivity index (χ0n) is 11.4. The van der Waals surface area contributed by atoms with Gasteiger partial charge in [-0.15, -0.1) is 0 Å². The Bertz CT molecular complexity index is 659. The van der Waals surface area contributed by atoms with Crippen LogP contribution in [0.3, 0.4) is 0 Å². The van der Waals surface area contributed by atoms with Crippen molar-refractivity contribution in [2.45, 2.75) is 34.6 Å². The molecular formula is C14H16N4. The second kappa shape index (κ2) is 4.26. The van der Waals surface area contributed by atoms with E-state index in [1.54, 1.807) is 4.68 Å². The van der Waals surface area contributed by atoms with E-state index in [0.29, 0.717) is 11.4 Å². The molecule has 0 N–H and O–H groups in total. The second-order valence-electron chi connectivity index (χ2n) is 4.60. The van der Waals surface area contributed by atoms with Crippen molar-refractivity contribution in [3.05, 3.63) is 39.8 Å². The molecule has 2 aromatic rings. The Labute approximate surface area is 107 Å². The highest BCUT2D eigenvalue weighted by molar-refractivity contribution is 5.50. The summed E-state index contributed by atoms with van der Waals surface area (Å²) in [4.78, 5) is 4.47. The van der Waals surface area contributed by atoms with E-state index in [9.17, 15) is 5.26 Å². The second-order valence-corrected chi connectivity index (χ2v) is 4.60. The van der Waals surface area contributed by atoms with Crippen molar-refractivity contribution in [2.75, 3.05) is 0 Å². The van der Waals surface area contributed by atoms with Crippen LogP contribution in [0.15, 0.2) is 6.07 Å². The number of nitrogens with zero attached hydrogens (tertiary/aromatic N) is 4. The predicted molar refractivity (Wildman–Crippen MR) is 69.8 cm³/mol. The van der Waals surface area contributed by atoms with Crippen LogP contribution in [-0.4, -0.2) is 14.8 Å². The molecule has 0 aliphatic carbocycles. The van der Waals surface area contributed by atoms with Crippen LogP contribution in [0.1, 0.15) is 33.8 Å². The van der Waals surface area contributed by atoms with Gasteiger partial charge in [0.25, 0.3) is 0 Å². The summed E-state index contributed by atoms with van der Waals surface area (Å²) in [7, 11) is 0. The van der Waals surface area contributed by atoms with E-state index >= 15 is 0 Å². The third-order valence-corrected chi connectivity index (χ3v) is 3.29. The molecular weight excluding hydrogens is 224 g/mol. The first-order valence-electron chi connectivity index (χ1n) is 5.87. The first-order chi connectivity index (χ1) is 8.45. The molecule has 0 atom stereocenters. The first kappa shape index (κ1) is 12.3.